The van der Waals surface area contributed by atoms with Crippen molar-refractivity contribution in [2.75, 3.05) is 11.5 Å². The minimum absolute atomic E-state index is 0.0269. The van der Waals surface area contributed by atoms with Gasteiger partial charge in [0.1, 0.15) is 5.56 Å². The van der Waals surface area contributed by atoms with Gasteiger partial charge in [-0.3, -0.25) is 9.69 Å². The van der Waals surface area contributed by atoms with E-state index in [1.165, 1.54) is 0 Å². The van der Waals surface area contributed by atoms with Crippen molar-refractivity contribution in [1.29, 1.82) is 0 Å². The molecule has 1 aromatic heterocycles. The van der Waals surface area contributed by atoms with Gasteiger partial charge in [0.05, 0.1) is 6.61 Å². The zero-order valence-corrected chi connectivity index (χ0v) is 25.6. The summed E-state index contributed by atoms with van der Waals surface area (Å²) < 4.78 is 13.8. The third-order valence-electron chi connectivity index (χ3n) is 8.44. The van der Waals surface area contributed by atoms with Crippen LogP contribution in [0.4, 0.5) is 5.82 Å². The van der Waals surface area contributed by atoms with E-state index in [1.807, 2.05) is 13.8 Å². The third kappa shape index (κ3) is 6.94. The molecule has 0 aromatic carbocycles. The van der Waals surface area contributed by atoms with Crippen LogP contribution in [0.25, 0.3) is 5.70 Å². The van der Waals surface area contributed by atoms with Crippen molar-refractivity contribution in [3.63, 3.8) is 0 Å². The molecule has 1 heterocycles. The molecule has 1 aromatic rings. The Balaban J connectivity index is 1.88. The molecule has 1 saturated carbocycles. The first kappa shape index (κ1) is 29.6. The van der Waals surface area contributed by atoms with Crippen molar-refractivity contribution < 1.29 is 18.8 Å². The Labute approximate surface area is 225 Å². The number of amides is 1. The SMILES string of the molecule is CCOC(=O)c1cn(C2=CCC(O[Si](C)(C)C(C)(C)C)CC2)nc1N(C(=O)[C@H]1CC[C@H](C)CC1)C(C)C. The van der Waals surface area contributed by atoms with Gasteiger partial charge in [-0.2, -0.15) is 0 Å². The molecule has 2 aliphatic carbocycles. The lowest BCUT2D eigenvalue weighted by molar-refractivity contribution is -0.124. The molecular weight excluding hydrogens is 482 g/mol. The molecule has 1 fully saturated rings. The van der Waals surface area contributed by atoms with Crippen LogP contribution in [0.1, 0.15) is 104 Å². The molecule has 0 N–H and O–H groups in total. The number of hydrogen-bond donors (Lipinski definition) is 0. The first-order valence-corrected chi connectivity index (χ1v) is 17.1. The molecule has 208 valence electrons. The van der Waals surface area contributed by atoms with Crippen LogP contribution < -0.4 is 4.90 Å². The predicted molar refractivity (Wildman–Crippen MR) is 152 cm³/mol. The molecule has 1 atom stereocenters. The van der Waals surface area contributed by atoms with Gasteiger partial charge in [0, 0.05) is 30.0 Å². The molecule has 1 amide bonds. The normalized spacial score (nSPS) is 23.1. The number of rotatable bonds is 8. The first-order chi connectivity index (χ1) is 17.2. The fraction of sp³-hybridized carbons (Fsp3) is 0.759. The van der Waals surface area contributed by atoms with Gasteiger partial charge >= 0.3 is 5.97 Å². The zero-order valence-electron chi connectivity index (χ0n) is 24.6. The highest BCUT2D eigenvalue weighted by Crippen LogP contribution is 2.39. The van der Waals surface area contributed by atoms with Gasteiger partial charge in [0.2, 0.25) is 5.91 Å². The molecule has 3 rings (SSSR count). The minimum Gasteiger partial charge on any atom is -0.462 e. The summed E-state index contributed by atoms with van der Waals surface area (Å²) in [6.45, 7) is 19.7. The van der Waals surface area contributed by atoms with Crippen LogP contribution >= 0.6 is 0 Å². The number of allylic oxidation sites excluding steroid dienone is 1. The summed E-state index contributed by atoms with van der Waals surface area (Å²) in [5.74, 6) is 0.681. The number of hydrogen-bond acceptors (Lipinski definition) is 5. The fourth-order valence-electron chi connectivity index (χ4n) is 5.05. The topological polar surface area (TPSA) is 73.7 Å². The lowest BCUT2D eigenvalue weighted by atomic mass is 9.82. The second-order valence-electron chi connectivity index (χ2n) is 12.8. The average molecular weight is 532 g/mol. The smallest absolute Gasteiger partial charge is 0.343 e. The molecule has 0 aliphatic heterocycles. The van der Waals surface area contributed by atoms with E-state index in [2.05, 4.69) is 46.9 Å². The van der Waals surface area contributed by atoms with Gasteiger partial charge in [-0.25, -0.2) is 9.48 Å². The molecule has 37 heavy (non-hydrogen) atoms. The standard InChI is InChI=1S/C29H49N3O4Si/c1-10-35-28(34)25-19-31(23-15-17-24(18-16-23)36-37(8,9)29(5,6)7)30-26(25)32(20(2)3)27(33)22-13-11-21(4)12-14-22/h15,19-22,24H,10-14,16-18H2,1-9H3/t21-,22-,24?. The summed E-state index contributed by atoms with van der Waals surface area (Å²) in [6, 6.07) is -0.119. The van der Waals surface area contributed by atoms with Crippen molar-refractivity contribution in [1.82, 2.24) is 9.78 Å². The number of carbonyl (C=O) groups excluding carboxylic acids is 2. The molecular formula is C29H49N3O4Si. The maximum atomic E-state index is 13.7. The number of anilines is 1. The Hall–Kier alpha value is -1.93. The number of esters is 1. The zero-order chi connectivity index (χ0) is 27.5. The minimum atomic E-state index is -1.84. The number of carbonyl (C=O) groups is 2. The van der Waals surface area contributed by atoms with E-state index in [9.17, 15) is 9.59 Å². The Bertz CT molecular complexity index is 984. The van der Waals surface area contributed by atoms with Crippen LogP contribution in [0, 0.1) is 11.8 Å². The van der Waals surface area contributed by atoms with Crippen LogP contribution in [0.5, 0.6) is 0 Å². The average Bonchev–Trinajstić information content (AvgIpc) is 3.24. The first-order valence-electron chi connectivity index (χ1n) is 14.2. The van der Waals surface area contributed by atoms with Crippen molar-refractivity contribution in [2.24, 2.45) is 11.8 Å². The summed E-state index contributed by atoms with van der Waals surface area (Å²) in [6.07, 6.45) is 10.6. The van der Waals surface area contributed by atoms with Crippen molar-refractivity contribution in [3.05, 3.63) is 17.8 Å². The van der Waals surface area contributed by atoms with E-state index in [-0.39, 0.29) is 35.6 Å². The fourth-order valence-corrected chi connectivity index (χ4v) is 6.46. The van der Waals surface area contributed by atoms with Gasteiger partial charge in [-0.1, -0.05) is 33.8 Å². The van der Waals surface area contributed by atoms with Crippen molar-refractivity contribution in [2.45, 2.75) is 124 Å². The van der Waals surface area contributed by atoms with E-state index >= 15 is 0 Å². The van der Waals surface area contributed by atoms with Crippen molar-refractivity contribution in [3.8, 4) is 0 Å². The highest BCUT2D eigenvalue weighted by Gasteiger charge is 2.40. The highest BCUT2D eigenvalue weighted by molar-refractivity contribution is 6.74. The Morgan fingerprint density at radius 2 is 1.81 bits per heavy atom. The molecule has 7 nitrogen and oxygen atoms in total. The predicted octanol–water partition coefficient (Wildman–Crippen LogP) is 7.04. The van der Waals surface area contributed by atoms with Crippen LogP contribution in [-0.4, -0.2) is 48.7 Å². The number of nitrogens with zero attached hydrogens (tertiary/aromatic N) is 3. The Morgan fingerprint density at radius 1 is 1.16 bits per heavy atom. The molecule has 8 heteroatoms. The van der Waals surface area contributed by atoms with Crippen LogP contribution in [-0.2, 0) is 14.0 Å². The second kappa shape index (κ2) is 11.8. The summed E-state index contributed by atoms with van der Waals surface area (Å²) >= 11 is 0. The maximum Gasteiger partial charge on any atom is 0.343 e. The molecule has 1 unspecified atom stereocenters. The molecule has 0 bridgehead atoms. The summed E-state index contributed by atoms with van der Waals surface area (Å²) in [7, 11) is -1.84. The molecule has 2 aliphatic rings. The van der Waals surface area contributed by atoms with E-state index in [0.717, 1.165) is 50.6 Å². The van der Waals surface area contributed by atoms with Gasteiger partial charge in [0.25, 0.3) is 0 Å². The van der Waals surface area contributed by atoms with E-state index < -0.39 is 14.3 Å². The summed E-state index contributed by atoms with van der Waals surface area (Å²) in [5.41, 5.74) is 1.39. The number of ether oxygens (including phenoxy) is 1. The maximum absolute atomic E-state index is 13.7. The van der Waals surface area contributed by atoms with Gasteiger partial charge in [-0.05, 0) is 89.8 Å². The van der Waals surface area contributed by atoms with Crippen molar-refractivity contribution >= 4 is 31.7 Å². The Morgan fingerprint density at radius 3 is 2.32 bits per heavy atom. The van der Waals surface area contributed by atoms with Gasteiger partial charge < -0.3 is 9.16 Å². The quantitative estimate of drug-likeness (QED) is 0.266. The van der Waals surface area contributed by atoms with Gasteiger partial charge in [-0.15, -0.1) is 5.10 Å². The highest BCUT2D eigenvalue weighted by atomic mass is 28.4. The monoisotopic (exact) mass is 531 g/mol. The van der Waals surface area contributed by atoms with E-state index in [0.29, 0.717) is 17.3 Å². The molecule has 0 radical (unpaired) electrons. The van der Waals surface area contributed by atoms with E-state index in [1.54, 1.807) is 22.7 Å². The molecule has 0 spiro atoms. The largest absolute Gasteiger partial charge is 0.462 e. The third-order valence-corrected chi connectivity index (χ3v) is 13.0. The lowest BCUT2D eigenvalue weighted by Crippen LogP contribution is -2.44. The van der Waals surface area contributed by atoms with Crippen LogP contribution in [0.15, 0.2) is 12.3 Å². The molecule has 0 saturated heterocycles. The lowest BCUT2D eigenvalue weighted by Gasteiger charge is -2.40. The van der Waals surface area contributed by atoms with Crippen LogP contribution in [0.3, 0.4) is 0 Å². The number of aromatic nitrogens is 2. The Kier molecular flexibility index (Phi) is 9.49. The van der Waals surface area contributed by atoms with Gasteiger partial charge in [0.15, 0.2) is 14.1 Å². The van der Waals surface area contributed by atoms with E-state index in [4.69, 9.17) is 14.3 Å². The summed E-state index contributed by atoms with van der Waals surface area (Å²) in [4.78, 5) is 28.4. The second-order valence-corrected chi connectivity index (χ2v) is 17.5. The van der Waals surface area contributed by atoms with Crippen LogP contribution in [0.2, 0.25) is 18.1 Å². The summed E-state index contributed by atoms with van der Waals surface area (Å²) in [5, 5.41) is 5.02.